The Bertz CT molecular complexity index is 2550. The fourth-order valence-corrected chi connectivity index (χ4v) is 18.7. The molecule has 12 rings (SSSR count). The van der Waals surface area contributed by atoms with E-state index in [4.69, 9.17) is 66.3 Å². The summed E-state index contributed by atoms with van der Waals surface area (Å²) in [7, 11) is 0. The van der Waals surface area contributed by atoms with Crippen LogP contribution in [0.5, 0.6) is 0 Å². The van der Waals surface area contributed by atoms with Gasteiger partial charge in [-0.1, -0.05) is 34.1 Å². The molecule has 33 nitrogen and oxygen atoms in total. The summed E-state index contributed by atoms with van der Waals surface area (Å²) in [5, 5.41) is 198. The molecule has 0 aromatic carbocycles. The van der Waals surface area contributed by atoms with Gasteiger partial charge in [0.15, 0.2) is 43.5 Å². The number of fused-ring (bicyclic) bond motifs is 7. The zero-order valence-electron chi connectivity index (χ0n) is 53.4. The third-order valence-electron chi connectivity index (χ3n) is 24.1. The second kappa shape index (κ2) is 28.9. The molecule has 0 aromatic heterocycles. The van der Waals surface area contributed by atoms with Crippen LogP contribution in [0.4, 0.5) is 0 Å². The average Bonchev–Trinajstić information content (AvgIpc) is 1.55. The zero-order chi connectivity index (χ0) is 68.2. The number of ether oxygens (including phenoxy) is 14. The van der Waals surface area contributed by atoms with E-state index in [9.17, 15) is 96.7 Å². The van der Waals surface area contributed by atoms with E-state index in [1.54, 1.807) is 0 Å². The molecule has 0 radical (unpaired) electrons. The maximum Gasteiger partial charge on any atom is 0.187 e. The fourth-order valence-electron chi connectivity index (χ4n) is 18.7. The Morgan fingerprint density at radius 2 is 0.958 bits per heavy atom. The summed E-state index contributed by atoms with van der Waals surface area (Å²) in [6.45, 7) is 3.91. The van der Waals surface area contributed by atoms with Gasteiger partial charge >= 0.3 is 0 Å². The van der Waals surface area contributed by atoms with Gasteiger partial charge < -0.3 is 158 Å². The molecule has 8 heterocycles. The highest BCUT2D eigenvalue weighted by molar-refractivity contribution is 5.87. The first-order valence-corrected chi connectivity index (χ1v) is 33.7. The lowest BCUT2D eigenvalue weighted by atomic mass is 9.43. The van der Waals surface area contributed by atoms with Crippen molar-refractivity contribution in [2.75, 3.05) is 46.2 Å². The van der Waals surface area contributed by atoms with Crippen LogP contribution in [0.1, 0.15) is 85.5 Å². The predicted molar refractivity (Wildman–Crippen MR) is 308 cm³/mol. The van der Waals surface area contributed by atoms with E-state index in [2.05, 4.69) is 27.7 Å². The van der Waals surface area contributed by atoms with Crippen molar-refractivity contribution in [3.63, 3.8) is 0 Å². The Labute approximate surface area is 547 Å². The molecule has 0 aromatic rings. The topological polar surface area (TPSA) is 510 Å². The van der Waals surface area contributed by atoms with Crippen LogP contribution in [0.25, 0.3) is 0 Å². The van der Waals surface area contributed by atoms with E-state index >= 15 is 0 Å². The molecule has 95 heavy (non-hydrogen) atoms. The van der Waals surface area contributed by atoms with E-state index in [0.29, 0.717) is 25.4 Å². The van der Waals surface area contributed by atoms with Gasteiger partial charge in [0.2, 0.25) is 0 Å². The molecule has 18 N–H and O–H groups in total. The molecule has 33 heteroatoms. The maximum atomic E-state index is 14.9. The van der Waals surface area contributed by atoms with Crippen molar-refractivity contribution in [1.82, 2.24) is 0 Å². The van der Waals surface area contributed by atoms with Crippen molar-refractivity contribution in [2.45, 2.75) is 282 Å². The van der Waals surface area contributed by atoms with Crippen molar-refractivity contribution in [1.29, 1.82) is 0 Å². The lowest BCUT2D eigenvalue weighted by molar-refractivity contribution is -0.408. The van der Waals surface area contributed by atoms with Gasteiger partial charge in [-0.2, -0.15) is 0 Å². The zero-order valence-corrected chi connectivity index (χ0v) is 53.4. The van der Waals surface area contributed by atoms with E-state index < -0.39 is 235 Å². The normalized spacial score (nSPS) is 56.5. The van der Waals surface area contributed by atoms with Crippen LogP contribution in [0.2, 0.25) is 0 Å². The number of rotatable bonds is 17. The Hall–Kier alpha value is -1.61. The summed E-state index contributed by atoms with van der Waals surface area (Å²) < 4.78 is 85.2. The maximum absolute atomic E-state index is 14.9. The molecule has 1 spiro atoms. The van der Waals surface area contributed by atoms with E-state index in [0.717, 1.165) is 44.9 Å². The number of Topliss-reactive ketones (excluding diaryl/α,β-unsaturated/α-hetero) is 1. The molecule has 12 aliphatic rings. The Morgan fingerprint density at radius 3 is 1.56 bits per heavy atom. The van der Waals surface area contributed by atoms with Gasteiger partial charge in [-0.25, -0.2) is 0 Å². The van der Waals surface area contributed by atoms with Crippen molar-refractivity contribution in [3.05, 3.63) is 0 Å². The fraction of sp³-hybridized carbons (Fsp3) is 0.984. The van der Waals surface area contributed by atoms with Crippen LogP contribution in [0.3, 0.4) is 0 Å². The number of aliphatic hydroxyl groups is 18. The average molecular weight is 1370 g/mol. The van der Waals surface area contributed by atoms with Gasteiger partial charge in [-0.15, -0.1) is 0 Å². The monoisotopic (exact) mass is 1370 g/mol. The molecule has 4 saturated carbocycles. The third kappa shape index (κ3) is 12.8. The molecular weight excluding hydrogens is 1270 g/mol. The number of ketones is 1. The second-order valence-electron chi connectivity index (χ2n) is 29.3. The summed E-state index contributed by atoms with van der Waals surface area (Å²) in [4.78, 5) is 14.9. The molecular formula is C62H100O33. The summed E-state index contributed by atoms with van der Waals surface area (Å²) in [6, 6.07) is 0. The highest BCUT2D eigenvalue weighted by Gasteiger charge is 2.72. The minimum atomic E-state index is -2.22. The molecule has 546 valence electrons. The molecule has 8 aliphatic heterocycles. The van der Waals surface area contributed by atoms with Crippen molar-refractivity contribution in [3.8, 4) is 0 Å². The molecule has 12 fully saturated rings. The Kier molecular flexibility index (Phi) is 22.3. The van der Waals surface area contributed by atoms with Gasteiger partial charge in [-0.05, 0) is 73.5 Å². The summed E-state index contributed by atoms with van der Waals surface area (Å²) >= 11 is 0. The lowest BCUT2D eigenvalue weighted by Gasteiger charge is -2.61. The lowest BCUT2D eigenvalue weighted by Crippen LogP contribution is -2.69. The van der Waals surface area contributed by atoms with Crippen LogP contribution >= 0.6 is 0 Å². The molecule has 0 unspecified atom stereocenters. The van der Waals surface area contributed by atoms with Crippen LogP contribution < -0.4 is 0 Å². The highest BCUT2D eigenvalue weighted by atomic mass is 16.8. The first-order chi connectivity index (χ1) is 45.2. The van der Waals surface area contributed by atoms with Gasteiger partial charge in [0.1, 0.15) is 146 Å². The van der Waals surface area contributed by atoms with Gasteiger partial charge in [0.05, 0.1) is 58.5 Å². The number of hydrogen-bond donors (Lipinski definition) is 18. The molecule has 8 saturated heterocycles. The number of aliphatic hydroxyl groups excluding tert-OH is 18. The van der Waals surface area contributed by atoms with Crippen LogP contribution in [-0.2, 0) is 71.1 Å². The van der Waals surface area contributed by atoms with E-state index in [-0.39, 0.29) is 52.8 Å². The standard InChI is InChI=1S/C62H100O33/c1-21-9-11-62(83-19-21)22(2)36-29(95-62)12-26-23-7-8-24-28(6-5-10-60(24,3)25(23)13-35(69)61(26,36)4)84-55-46(79)43(76)50(34(18-67)89-55)91-59-53(94-57-45(78)42(75)38(71)31(15-64)86-57)52(40(73)33(17-66)88-59)93-54-47(80)49(27(68)20-82-54)90-58-48(81)51(39(72)32(16-65)87-58)92-56-44(77)41(74)37(70)30(14-63)85-56/h21-34,36-59,63-68,70-81H,5-20H2,1-4H3/t21-,22-,23+,24-,25-,26+,27+,28-,29+,30+,31+,32+,33+,34+,36+,37+,38+,39+,40+,41-,42-,43+,44+,45+,46+,47+,48+,49-,50-,51-,52-,53+,54-,55+,56-,57-,58-,59-,60-,61+,62+/m0/s1. The Morgan fingerprint density at radius 1 is 0.453 bits per heavy atom. The number of carbonyl (C=O) groups is 1. The molecule has 41 atom stereocenters. The Balaban J connectivity index is 0.753. The van der Waals surface area contributed by atoms with E-state index in [1.165, 1.54) is 0 Å². The number of hydrogen-bond acceptors (Lipinski definition) is 33. The minimum Gasteiger partial charge on any atom is -0.394 e. The molecule has 0 amide bonds. The first kappa shape index (κ1) is 73.2. The third-order valence-corrected chi connectivity index (χ3v) is 24.1. The van der Waals surface area contributed by atoms with Gasteiger partial charge in [0.25, 0.3) is 0 Å². The van der Waals surface area contributed by atoms with Gasteiger partial charge in [-0.3, -0.25) is 4.79 Å². The van der Waals surface area contributed by atoms with E-state index in [1.807, 2.05) is 0 Å². The summed E-state index contributed by atoms with van der Waals surface area (Å²) in [6.07, 6.45) is -49.7. The minimum absolute atomic E-state index is 0.0317. The SMILES string of the molecule is C[C@H]1CC[C@@]2(OC1)O[C@@H]1C[C@@H]3[C@@H]4CC[C@H]5[C@@H](O[C@@H]6O[C@H](CO)[C@H](O[C@@H]7O[C@H](CO)[C@@H](O)[C@H](O[C@@H]8OC[C@@H](O)[C@H](O[C@@H]9O[C@H](CO)[C@@H](O)[C@H](O[C@@H]%10O[C@H](CO)[C@@H](O)[C@H](O)[C@H]%10O)[C@H]9O)[C@H]8O)[C@H]7O[C@@H]7O[C@H](CO)[C@@H](O)[C@H](O)[C@H]7O)[C@H](O)[C@H]6O)CCC[C@]5(C)[C@H]4CC(=O)[C@]3(C)[C@@H]1[C@@H]2C. The van der Waals surface area contributed by atoms with Gasteiger partial charge in [0, 0.05) is 30.1 Å². The van der Waals surface area contributed by atoms with Crippen LogP contribution in [0.15, 0.2) is 0 Å². The van der Waals surface area contributed by atoms with Crippen molar-refractivity contribution in [2.24, 2.45) is 52.3 Å². The molecule has 4 aliphatic carbocycles. The highest BCUT2D eigenvalue weighted by Crippen LogP contribution is 2.71. The quantitative estimate of drug-likeness (QED) is 0.0643. The first-order valence-electron chi connectivity index (χ1n) is 33.7. The van der Waals surface area contributed by atoms with Crippen LogP contribution in [-0.4, -0.2) is 340 Å². The summed E-state index contributed by atoms with van der Waals surface area (Å²) in [5.41, 5.74) is -0.943. The largest absolute Gasteiger partial charge is 0.394 e. The summed E-state index contributed by atoms with van der Waals surface area (Å²) in [5.74, 6) is 0.369. The molecule has 0 bridgehead atoms. The van der Waals surface area contributed by atoms with Crippen molar-refractivity contribution >= 4 is 5.78 Å². The smallest absolute Gasteiger partial charge is 0.187 e. The second-order valence-corrected chi connectivity index (χ2v) is 29.3. The number of carbonyl (C=O) groups excluding carboxylic acids is 1. The van der Waals surface area contributed by atoms with Crippen LogP contribution in [0, 0.1) is 52.3 Å². The predicted octanol–water partition coefficient (Wildman–Crippen LogP) is -7.44. The van der Waals surface area contributed by atoms with Crippen molar-refractivity contribution < 1.29 is 163 Å².